The molecule has 2 rings (SSSR count). The van der Waals surface area contributed by atoms with Crippen molar-refractivity contribution in [1.29, 1.82) is 0 Å². The summed E-state index contributed by atoms with van der Waals surface area (Å²) in [5, 5.41) is 12.1. The number of rotatable bonds is 6. The highest BCUT2D eigenvalue weighted by Crippen LogP contribution is 2.35. The van der Waals surface area contributed by atoms with Gasteiger partial charge in [-0.1, -0.05) is 19.9 Å². The van der Waals surface area contributed by atoms with Crippen molar-refractivity contribution in [2.75, 3.05) is 6.61 Å². The van der Waals surface area contributed by atoms with Crippen molar-refractivity contribution in [2.24, 2.45) is 5.92 Å². The molecule has 1 aromatic rings. The van der Waals surface area contributed by atoms with E-state index in [0.717, 1.165) is 0 Å². The van der Waals surface area contributed by atoms with Gasteiger partial charge in [-0.25, -0.2) is 4.79 Å². The number of hydrogen-bond donors (Lipinski definition) is 2. The Bertz CT molecular complexity index is 799. The van der Waals surface area contributed by atoms with E-state index < -0.39 is 49.7 Å². The molecule has 0 bridgehead atoms. The van der Waals surface area contributed by atoms with E-state index in [1.54, 1.807) is 13.0 Å². The summed E-state index contributed by atoms with van der Waals surface area (Å²) in [4.78, 5) is 24.6. The second-order valence-corrected chi connectivity index (χ2v) is 6.98. The first-order valence-electron chi connectivity index (χ1n) is 8.60. The minimum atomic E-state index is -5.87. The quantitative estimate of drug-likeness (QED) is 0.414. The van der Waals surface area contributed by atoms with Crippen LogP contribution in [0.1, 0.15) is 35.3 Å². The fourth-order valence-corrected chi connectivity index (χ4v) is 2.80. The molecule has 0 fully saturated rings. The molecule has 0 aliphatic carbocycles. The number of nitrogens with one attached hydrogen (secondary N) is 1. The second kappa shape index (κ2) is 8.27. The number of esters is 1. The lowest BCUT2D eigenvalue weighted by molar-refractivity contribution is -0.294. The number of carbonyl (C=O) groups is 2. The van der Waals surface area contributed by atoms with E-state index in [-0.39, 0.29) is 12.2 Å². The molecule has 12 heteroatoms. The predicted octanol–water partition coefficient (Wildman–Crippen LogP) is 1.71. The Morgan fingerprint density at radius 3 is 2.45 bits per heavy atom. The summed E-state index contributed by atoms with van der Waals surface area (Å²) in [7, 11) is -1.21. The van der Waals surface area contributed by atoms with E-state index in [1.165, 1.54) is 19.9 Å². The molecule has 0 saturated carbocycles. The third-order valence-corrected chi connectivity index (χ3v) is 4.51. The van der Waals surface area contributed by atoms with E-state index in [9.17, 15) is 36.6 Å². The molecule has 0 radical (unpaired) electrons. The molecular formula is C17H19BF5NO5. The number of fused-ring (bicyclic) bond motifs is 1. The molecule has 1 aliphatic rings. The van der Waals surface area contributed by atoms with Crippen LogP contribution in [0.5, 0.6) is 0 Å². The Morgan fingerprint density at radius 1 is 1.28 bits per heavy atom. The van der Waals surface area contributed by atoms with Crippen LogP contribution in [0.15, 0.2) is 12.1 Å². The summed E-state index contributed by atoms with van der Waals surface area (Å²) >= 11 is 0. The smallest absolute Gasteiger partial charge is 0.457 e. The van der Waals surface area contributed by atoms with E-state index in [4.69, 9.17) is 4.65 Å². The van der Waals surface area contributed by atoms with Crippen molar-refractivity contribution in [3.05, 3.63) is 28.8 Å². The van der Waals surface area contributed by atoms with Gasteiger partial charge in [-0.3, -0.25) is 4.79 Å². The van der Waals surface area contributed by atoms with Gasteiger partial charge in [-0.2, -0.15) is 22.0 Å². The van der Waals surface area contributed by atoms with Crippen LogP contribution in [-0.4, -0.2) is 48.8 Å². The Morgan fingerprint density at radius 2 is 1.90 bits per heavy atom. The van der Waals surface area contributed by atoms with Gasteiger partial charge in [0, 0.05) is 5.56 Å². The van der Waals surface area contributed by atoms with Gasteiger partial charge in [0.2, 0.25) is 0 Å². The molecule has 1 atom stereocenters. The molecule has 0 spiro atoms. The SMILES string of the molecule is Cc1c(C(=O)NC(C(=O)OCC(F)(F)C(F)(F)F)C(C)C)ccc2c1B(O)OC2. The van der Waals surface area contributed by atoms with E-state index in [1.807, 2.05) is 0 Å². The summed E-state index contributed by atoms with van der Waals surface area (Å²) in [6, 6.07) is 1.53. The number of alkyl halides is 5. The molecule has 0 saturated heterocycles. The fourth-order valence-electron chi connectivity index (χ4n) is 2.80. The van der Waals surface area contributed by atoms with E-state index in [2.05, 4.69) is 10.1 Å². The number of halogens is 5. The molecule has 160 valence electrons. The zero-order chi connectivity index (χ0) is 22.1. The van der Waals surface area contributed by atoms with E-state index in [0.29, 0.717) is 16.6 Å². The summed E-state index contributed by atoms with van der Waals surface area (Å²) in [6.07, 6.45) is -5.87. The van der Waals surface area contributed by atoms with Crippen LogP contribution >= 0.6 is 0 Å². The van der Waals surface area contributed by atoms with Crippen molar-refractivity contribution in [2.45, 2.75) is 45.5 Å². The van der Waals surface area contributed by atoms with Gasteiger partial charge < -0.3 is 19.7 Å². The molecule has 2 N–H and O–H groups in total. The van der Waals surface area contributed by atoms with Crippen molar-refractivity contribution < 1.29 is 46.0 Å². The first-order valence-corrected chi connectivity index (χ1v) is 8.60. The molecule has 0 aromatic heterocycles. The van der Waals surface area contributed by atoms with Crippen LogP contribution in [0.3, 0.4) is 0 Å². The van der Waals surface area contributed by atoms with Crippen molar-refractivity contribution in [3.63, 3.8) is 0 Å². The minimum Gasteiger partial charge on any atom is -0.457 e. The third-order valence-electron chi connectivity index (χ3n) is 4.51. The van der Waals surface area contributed by atoms with Gasteiger partial charge >= 0.3 is 25.2 Å². The van der Waals surface area contributed by atoms with Gasteiger partial charge in [0.25, 0.3) is 5.91 Å². The Labute approximate surface area is 163 Å². The van der Waals surface area contributed by atoms with E-state index >= 15 is 0 Å². The summed E-state index contributed by atoms with van der Waals surface area (Å²) in [5.74, 6) is -8.06. The first kappa shape index (κ1) is 23.1. The maximum absolute atomic E-state index is 13.0. The van der Waals surface area contributed by atoms with Gasteiger partial charge in [-0.05, 0) is 35.5 Å². The number of carbonyl (C=O) groups excluding carboxylic acids is 2. The van der Waals surface area contributed by atoms with Gasteiger partial charge in [-0.15, -0.1) is 0 Å². The van der Waals surface area contributed by atoms with Crippen LogP contribution in [0, 0.1) is 12.8 Å². The summed E-state index contributed by atoms with van der Waals surface area (Å²) < 4.78 is 71.8. The zero-order valence-electron chi connectivity index (χ0n) is 15.8. The Hall–Kier alpha value is -2.21. The second-order valence-electron chi connectivity index (χ2n) is 6.98. The average Bonchev–Trinajstić information content (AvgIpc) is 2.98. The summed E-state index contributed by atoms with van der Waals surface area (Å²) in [5.41, 5.74) is 1.57. The highest BCUT2D eigenvalue weighted by Gasteiger charge is 2.58. The minimum absolute atomic E-state index is 0.0902. The first-order chi connectivity index (χ1) is 13.3. The lowest BCUT2D eigenvalue weighted by Crippen LogP contribution is -2.48. The normalized spacial score (nSPS) is 15.3. The monoisotopic (exact) mass is 423 g/mol. The standard InChI is InChI=1S/C17H19BF5NO5/c1-8(2)13(15(26)28-7-16(19,20)17(21,22)23)24-14(25)11-5-4-10-6-29-18(27)12(10)9(11)3/h4-5,8,13,27H,6-7H2,1-3H3,(H,24,25). The molecule has 1 amide bonds. The van der Waals surface area contributed by atoms with Crippen molar-refractivity contribution >= 4 is 24.5 Å². The molecular weight excluding hydrogens is 404 g/mol. The maximum Gasteiger partial charge on any atom is 0.492 e. The van der Waals surface area contributed by atoms with Gasteiger partial charge in [0.15, 0.2) is 6.61 Å². The summed E-state index contributed by atoms with van der Waals surface area (Å²) in [6.45, 7) is 2.45. The maximum atomic E-state index is 13.0. The van der Waals surface area contributed by atoms with Crippen LogP contribution in [-0.2, 0) is 20.8 Å². The molecule has 6 nitrogen and oxygen atoms in total. The van der Waals surface area contributed by atoms with Crippen LogP contribution in [0.2, 0.25) is 0 Å². The van der Waals surface area contributed by atoms with Gasteiger partial charge in [0.1, 0.15) is 6.04 Å². The van der Waals surface area contributed by atoms with Crippen LogP contribution in [0.25, 0.3) is 0 Å². The molecule has 1 heterocycles. The number of benzene rings is 1. The molecule has 29 heavy (non-hydrogen) atoms. The zero-order valence-corrected chi connectivity index (χ0v) is 15.8. The largest absolute Gasteiger partial charge is 0.492 e. The Balaban J connectivity index is 2.14. The predicted molar refractivity (Wildman–Crippen MR) is 91.6 cm³/mol. The Kier molecular flexibility index (Phi) is 6.58. The highest BCUT2D eigenvalue weighted by atomic mass is 19.4. The molecule has 1 aliphatic heterocycles. The fraction of sp³-hybridized carbons (Fsp3) is 0.529. The molecule has 1 aromatic carbocycles. The topological polar surface area (TPSA) is 84.9 Å². The third kappa shape index (κ3) is 4.86. The lowest BCUT2D eigenvalue weighted by Gasteiger charge is -2.24. The van der Waals surface area contributed by atoms with Crippen LogP contribution < -0.4 is 10.8 Å². The van der Waals surface area contributed by atoms with Crippen molar-refractivity contribution in [3.8, 4) is 0 Å². The lowest BCUT2D eigenvalue weighted by atomic mass is 9.75. The van der Waals surface area contributed by atoms with Crippen molar-refractivity contribution in [1.82, 2.24) is 5.32 Å². The number of ether oxygens (including phenoxy) is 1. The molecule has 1 unspecified atom stereocenters. The highest BCUT2D eigenvalue weighted by molar-refractivity contribution is 6.62. The number of hydrogen-bond acceptors (Lipinski definition) is 5. The average molecular weight is 423 g/mol. The number of amides is 1. The van der Waals surface area contributed by atoms with Gasteiger partial charge in [0.05, 0.1) is 6.61 Å². The van der Waals surface area contributed by atoms with Crippen LogP contribution in [0.4, 0.5) is 22.0 Å².